The molecule has 134 valence electrons. The Bertz CT molecular complexity index is 487. The van der Waals surface area contributed by atoms with Crippen LogP contribution in [0.1, 0.15) is 25.3 Å². The molecule has 6 heteroatoms. The number of amides is 1. The molecule has 1 aliphatic rings. The third kappa shape index (κ3) is 6.86. The standard InChI is InChI=1S/C18H29N3O3/c1-2-20-18(23)14-24-17-7-5-15(6-8-17)11-19-12-16(22)13-21-9-3-4-10-21/h5-8,16,19,22H,2-4,9-14H2,1H3,(H,20,23)/t16-/m1/s1. The van der Waals surface area contributed by atoms with Crippen molar-refractivity contribution in [1.82, 2.24) is 15.5 Å². The van der Waals surface area contributed by atoms with E-state index in [4.69, 9.17) is 4.74 Å². The molecule has 0 aliphatic carbocycles. The molecular weight excluding hydrogens is 306 g/mol. The molecule has 3 N–H and O–H groups in total. The Kier molecular flexibility index (Phi) is 8.01. The maximum atomic E-state index is 11.3. The molecule has 0 spiro atoms. The zero-order valence-electron chi connectivity index (χ0n) is 14.5. The van der Waals surface area contributed by atoms with Crippen molar-refractivity contribution in [3.63, 3.8) is 0 Å². The van der Waals surface area contributed by atoms with Crippen LogP contribution in [0.5, 0.6) is 5.75 Å². The predicted octanol–water partition coefficient (Wildman–Crippen LogP) is 0.748. The van der Waals surface area contributed by atoms with E-state index in [2.05, 4.69) is 15.5 Å². The Morgan fingerprint density at radius 2 is 2.00 bits per heavy atom. The molecule has 0 aromatic heterocycles. The Hall–Kier alpha value is -1.63. The van der Waals surface area contributed by atoms with E-state index >= 15 is 0 Å². The lowest BCUT2D eigenvalue weighted by Gasteiger charge is -2.19. The van der Waals surface area contributed by atoms with Crippen LogP contribution in [0, 0.1) is 0 Å². The number of carbonyl (C=O) groups is 1. The van der Waals surface area contributed by atoms with Crippen molar-refractivity contribution in [1.29, 1.82) is 0 Å². The molecule has 1 atom stereocenters. The summed E-state index contributed by atoms with van der Waals surface area (Å²) in [6.45, 7) is 6.77. The van der Waals surface area contributed by atoms with Gasteiger partial charge < -0.3 is 25.4 Å². The van der Waals surface area contributed by atoms with E-state index in [1.165, 1.54) is 12.8 Å². The highest BCUT2D eigenvalue weighted by Gasteiger charge is 2.15. The van der Waals surface area contributed by atoms with E-state index in [1.807, 2.05) is 31.2 Å². The third-order valence-electron chi connectivity index (χ3n) is 4.04. The first-order valence-corrected chi connectivity index (χ1v) is 8.77. The zero-order chi connectivity index (χ0) is 17.2. The first kappa shape index (κ1) is 18.7. The van der Waals surface area contributed by atoms with Gasteiger partial charge in [-0.2, -0.15) is 0 Å². The fourth-order valence-electron chi connectivity index (χ4n) is 2.81. The Labute approximate surface area is 144 Å². The number of β-amino-alcohol motifs (C(OH)–C–C–N with tert-alkyl or cyclic N) is 1. The molecule has 1 aromatic carbocycles. The zero-order valence-corrected chi connectivity index (χ0v) is 14.5. The molecule has 24 heavy (non-hydrogen) atoms. The second-order valence-electron chi connectivity index (χ2n) is 6.18. The average Bonchev–Trinajstić information content (AvgIpc) is 3.07. The van der Waals surface area contributed by atoms with Gasteiger partial charge in [0.05, 0.1) is 6.10 Å². The summed E-state index contributed by atoms with van der Waals surface area (Å²) >= 11 is 0. The van der Waals surface area contributed by atoms with Gasteiger partial charge in [-0.1, -0.05) is 12.1 Å². The van der Waals surface area contributed by atoms with Crippen LogP contribution in [0.3, 0.4) is 0 Å². The van der Waals surface area contributed by atoms with Gasteiger partial charge in [-0.15, -0.1) is 0 Å². The van der Waals surface area contributed by atoms with Gasteiger partial charge in [0, 0.05) is 26.2 Å². The summed E-state index contributed by atoms with van der Waals surface area (Å²) in [5.74, 6) is 0.564. The molecule has 1 saturated heterocycles. The molecule has 6 nitrogen and oxygen atoms in total. The summed E-state index contributed by atoms with van der Waals surface area (Å²) in [6, 6.07) is 7.65. The lowest BCUT2D eigenvalue weighted by Crippen LogP contribution is -2.36. The summed E-state index contributed by atoms with van der Waals surface area (Å²) in [6.07, 6.45) is 2.16. The van der Waals surface area contributed by atoms with Crippen LogP contribution in [0.25, 0.3) is 0 Å². The van der Waals surface area contributed by atoms with Crippen molar-refractivity contribution in [3.8, 4) is 5.75 Å². The van der Waals surface area contributed by atoms with Crippen LogP contribution >= 0.6 is 0 Å². The van der Waals surface area contributed by atoms with Crippen LogP contribution in [-0.2, 0) is 11.3 Å². The number of benzene rings is 1. The number of ether oxygens (including phenoxy) is 1. The Morgan fingerprint density at radius 1 is 1.29 bits per heavy atom. The molecule has 1 aliphatic heterocycles. The molecule has 1 heterocycles. The van der Waals surface area contributed by atoms with Crippen molar-refractivity contribution >= 4 is 5.91 Å². The molecule has 1 fully saturated rings. The summed E-state index contributed by atoms with van der Waals surface area (Å²) in [5, 5.41) is 16.0. The van der Waals surface area contributed by atoms with Crippen molar-refractivity contribution in [2.75, 3.05) is 39.3 Å². The second-order valence-corrected chi connectivity index (χ2v) is 6.18. The van der Waals surface area contributed by atoms with Crippen molar-refractivity contribution in [3.05, 3.63) is 29.8 Å². The molecule has 0 saturated carbocycles. The number of rotatable bonds is 10. The molecule has 2 rings (SSSR count). The van der Waals surface area contributed by atoms with E-state index in [9.17, 15) is 9.90 Å². The number of aliphatic hydroxyl groups excluding tert-OH is 1. The summed E-state index contributed by atoms with van der Waals surface area (Å²) in [4.78, 5) is 13.7. The summed E-state index contributed by atoms with van der Waals surface area (Å²) < 4.78 is 5.41. The minimum Gasteiger partial charge on any atom is -0.484 e. The highest BCUT2D eigenvalue weighted by Crippen LogP contribution is 2.12. The highest BCUT2D eigenvalue weighted by atomic mass is 16.5. The number of likely N-dealkylation sites (N-methyl/N-ethyl adjacent to an activating group) is 1. The van der Waals surface area contributed by atoms with Gasteiger partial charge >= 0.3 is 0 Å². The first-order chi connectivity index (χ1) is 11.7. The highest BCUT2D eigenvalue weighted by molar-refractivity contribution is 5.77. The quantitative estimate of drug-likeness (QED) is 0.588. The SMILES string of the molecule is CCNC(=O)COc1ccc(CNC[C@@H](O)CN2CCCC2)cc1. The number of likely N-dealkylation sites (tertiary alicyclic amines) is 1. The van der Waals surface area contributed by atoms with E-state index in [0.717, 1.165) is 25.2 Å². The Morgan fingerprint density at radius 3 is 2.67 bits per heavy atom. The summed E-state index contributed by atoms with van der Waals surface area (Å²) in [7, 11) is 0. The van der Waals surface area contributed by atoms with Crippen molar-refractivity contribution in [2.45, 2.75) is 32.4 Å². The number of nitrogens with zero attached hydrogens (tertiary/aromatic N) is 1. The molecule has 1 aromatic rings. The van der Waals surface area contributed by atoms with Crippen molar-refractivity contribution in [2.24, 2.45) is 0 Å². The second kappa shape index (κ2) is 10.3. The number of aliphatic hydroxyl groups is 1. The number of hydrogen-bond donors (Lipinski definition) is 3. The largest absolute Gasteiger partial charge is 0.484 e. The van der Waals surface area contributed by atoms with E-state index in [1.54, 1.807) is 0 Å². The van der Waals surface area contributed by atoms with Crippen LogP contribution in [-0.4, -0.2) is 61.3 Å². The third-order valence-corrected chi connectivity index (χ3v) is 4.04. The van der Waals surface area contributed by atoms with Crippen LogP contribution in [0.4, 0.5) is 0 Å². The van der Waals surface area contributed by atoms with E-state index in [-0.39, 0.29) is 18.6 Å². The fourth-order valence-corrected chi connectivity index (χ4v) is 2.81. The molecule has 0 unspecified atom stereocenters. The van der Waals surface area contributed by atoms with Gasteiger partial charge in [-0.3, -0.25) is 4.79 Å². The van der Waals surface area contributed by atoms with Gasteiger partial charge in [0.2, 0.25) is 0 Å². The van der Waals surface area contributed by atoms with Crippen LogP contribution in [0.2, 0.25) is 0 Å². The first-order valence-electron chi connectivity index (χ1n) is 8.77. The molecule has 0 radical (unpaired) electrons. The average molecular weight is 335 g/mol. The minimum absolute atomic E-state index is 0.0358. The van der Waals surface area contributed by atoms with Gasteiger partial charge in [0.25, 0.3) is 5.91 Å². The fraction of sp³-hybridized carbons (Fsp3) is 0.611. The smallest absolute Gasteiger partial charge is 0.257 e. The maximum Gasteiger partial charge on any atom is 0.257 e. The lowest BCUT2D eigenvalue weighted by molar-refractivity contribution is -0.122. The maximum absolute atomic E-state index is 11.3. The summed E-state index contributed by atoms with van der Waals surface area (Å²) in [5.41, 5.74) is 1.12. The number of carbonyl (C=O) groups excluding carboxylic acids is 1. The Balaban J connectivity index is 1.63. The topological polar surface area (TPSA) is 73.8 Å². The predicted molar refractivity (Wildman–Crippen MR) is 94.0 cm³/mol. The van der Waals surface area contributed by atoms with Gasteiger partial charge in [0.15, 0.2) is 6.61 Å². The van der Waals surface area contributed by atoms with Gasteiger partial charge in [-0.05, 0) is 50.6 Å². The normalized spacial score (nSPS) is 16.1. The van der Waals surface area contributed by atoms with Crippen molar-refractivity contribution < 1.29 is 14.6 Å². The van der Waals surface area contributed by atoms with Crippen LogP contribution in [0.15, 0.2) is 24.3 Å². The minimum atomic E-state index is -0.331. The number of nitrogens with one attached hydrogen (secondary N) is 2. The lowest BCUT2D eigenvalue weighted by atomic mass is 10.2. The van der Waals surface area contributed by atoms with Gasteiger partial charge in [-0.25, -0.2) is 0 Å². The molecule has 0 bridgehead atoms. The van der Waals surface area contributed by atoms with E-state index in [0.29, 0.717) is 25.4 Å². The monoisotopic (exact) mass is 335 g/mol. The van der Waals surface area contributed by atoms with Gasteiger partial charge in [0.1, 0.15) is 5.75 Å². The van der Waals surface area contributed by atoms with E-state index < -0.39 is 0 Å². The molecular formula is C18H29N3O3. The molecule has 1 amide bonds. The van der Waals surface area contributed by atoms with Crippen LogP contribution < -0.4 is 15.4 Å². The number of hydrogen-bond acceptors (Lipinski definition) is 5.